The lowest BCUT2D eigenvalue weighted by atomic mass is 9.87. The topological polar surface area (TPSA) is 67.4 Å². The molecule has 1 spiro atoms. The van der Waals surface area contributed by atoms with Crippen LogP contribution in [0.2, 0.25) is 0 Å². The average Bonchev–Trinajstić information content (AvgIpc) is 3.11. The fraction of sp³-hybridized carbons (Fsp3) is 0.0476. The highest BCUT2D eigenvalue weighted by molar-refractivity contribution is 6.13. The van der Waals surface area contributed by atoms with Crippen LogP contribution in [0.15, 0.2) is 60.7 Å². The van der Waals surface area contributed by atoms with Crippen molar-refractivity contribution in [2.45, 2.75) is 5.54 Å². The van der Waals surface area contributed by atoms with Crippen LogP contribution in [0.1, 0.15) is 11.1 Å². The summed E-state index contributed by atoms with van der Waals surface area (Å²) in [5.74, 6) is -1.55. The molecule has 2 N–H and O–H groups in total. The molecular weight excluding hydrogens is 366 g/mol. The van der Waals surface area contributed by atoms with Gasteiger partial charge in [-0.2, -0.15) is 0 Å². The molecule has 0 radical (unpaired) electrons. The molecule has 0 bridgehead atoms. The Hall–Kier alpha value is -3.74. The maximum Gasteiger partial charge on any atom is 0.322 e. The minimum Gasteiger partial charge on any atom is -0.454 e. The van der Waals surface area contributed by atoms with Crippen LogP contribution in [-0.4, -0.2) is 11.9 Å². The summed E-state index contributed by atoms with van der Waals surface area (Å²) in [5, 5.41) is 4.70. The van der Waals surface area contributed by atoms with Crippen molar-refractivity contribution in [3.05, 3.63) is 83.4 Å². The third-order valence-corrected chi connectivity index (χ3v) is 4.99. The fourth-order valence-electron chi connectivity index (χ4n) is 3.82. The third-order valence-electron chi connectivity index (χ3n) is 4.99. The van der Waals surface area contributed by atoms with E-state index in [1.807, 2.05) is 6.07 Å². The highest BCUT2D eigenvalue weighted by atomic mass is 19.1. The summed E-state index contributed by atoms with van der Waals surface area (Å²) >= 11 is 0. The first-order valence-electron chi connectivity index (χ1n) is 8.50. The molecule has 1 atom stereocenters. The zero-order valence-corrected chi connectivity index (χ0v) is 14.3. The first kappa shape index (κ1) is 16.4. The molecule has 28 heavy (non-hydrogen) atoms. The van der Waals surface area contributed by atoms with Crippen molar-refractivity contribution in [2.75, 3.05) is 0 Å². The van der Waals surface area contributed by atoms with E-state index in [0.29, 0.717) is 16.9 Å². The minimum absolute atomic E-state index is 0.0398. The Bertz CT molecular complexity index is 1160. The first-order valence-corrected chi connectivity index (χ1v) is 8.50. The SMILES string of the molecule is O=C1NC(=O)C2(N1)c1cc(F)ccc1-c1cc(Oc3ccccc3)c(F)cc12. The number of ether oxygens (including phenoxy) is 1. The quantitative estimate of drug-likeness (QED) is 0.666. The Morgan fingerprint density at radius 3 is 2.32 bits per heavy atom. The van der Waals surface area contributed by atoms with Gasteiger partial charge in [-0.15, -0.1) is 0 Å². The first-order chi connectivity index (χ1) is 13.5. The van der Waals surface area contributed by atoms with E-state index in [-0.39, 0.29) is 16.9 Å². The highest BCUT2D eigenvalue weighted by Gasteiger charge is 2.55. The van der Waals surface area contributed by atoms with E-state index in [0.717, 1.165) is 6.07 Å². The Kier molecular flexibility index (Phi) is 3.30. The smallest absolute Gasteiger partial charge is 0.322 e. The zero-order valence-electron chi connectivity index (χ0n) is 14.3. The summed E-state index contributed by atoms with van der Waals surface area (Å²) < 4.78 is 34.4. The molecule has 3 amide bonds. The molecule has 1 saturated heterocycles. The normalized spacial score (nSPS) is 19.2. The van der Waals surface area contributed by atoms with Crippen LogP contribution in [0.5, 0.6) is 11.5 Å². The molecule has 7 heteroatoms. The molecule has 1 aliphatic carbocycles. The van der Waals surface area contributed by atoms with Crippen LogP contribution in [0, 0.1) is 11.6 Å². The second kappa shape index (κ2) is 5.63. The van der Waals surface area contributed by atoms with Crippen LogP contribution < -0.4 is 15.4 Å². The number of urea groups is 1. The monoisotopic (exact) mass is 378 g/mol. The number of rotatable bonds is 2. The molecule has 0 aromatic heterocycles. The number of nitrogens with one attached hydrogen (secondary N) is 2. The number of halogens is 2. The number of hydrogen-bond acceptors (Lipinski definition) is 3. The van der Waals surface area contributed by atoms with Crippen molar-refractivity contribution >= 4 is 11.9 Å². The fourth-order valence-corrected chi connectivity index (χ4v) is 3.82. The summed E-state index contributed by atoms with van der Waals surface area (Å²) in [5.41, 5.74) is -0.182. The van der Waals surface area contributed by atoms with Gasteiger partial charge in [0.2, 0.25) is 0 Å². The number of imide groups is 1. The molecule has 5 nitrogen and oxygen atoms in total. The van der Waals surface area contributed by atoms with Gasteiger partial charge in [-0.25, -0.2) is 13.6 Å². The number of para-hydroxylation sites is 1. The lowest BCUT2D eigenvalue weighted by molar-refractivity contribution is -0.122. The lowest BCUT2D eigenvalue weighted by Gasteiger charge is -2.23. The number of carbonyl (C=O) groups excluding carboxylic acids is 2. The van der Waals surface area contributed by atoms with Gasteiger partial charge in [-0.1, -0.05) is 24.3 Å². The van der Waals surface area contributed by atoms with Gasteiger partial charge in [0.05, 0.1) is 0 Å². The number of hydrogen-bond donors (Lipinski definition) is 2. The van der Waals surface area contributed by atoms with Gasteiger partial charge in [-0.3, -0.25) is 10.1 Å². The van der Waals surface area contributed by atoms with Gasteiger partial charge in [0.25, 0.3) is 5.91 Å². The molecular formula is C21H12F2N2O3. The van der Waals surface area contributed by atoms with Crippen molar-refractivity contribution < 1.29 is 23.1 Å². The van der Waals surface area contributed by atoms with Crippen LogP contribution in [0.3, 0.4) is 0 Å². The molecule has 3 aromatic carbocycles. The molecule has 5 rings (SSSR count). The second-order valence-electron chi connectivity index (χ2n) is 6.59. The second-order valence-corrected chi connectivity index (χ2v) is 6.59. The molecule has 0 saturated carbocycles. The van der Waals surface area contributed by atoms with Crippen molar-refractivity contribution in [3.63, 3.8) is 0 Å². The number of amides is 3. The predicted octanol–water partition coefficient (Wildman–Crippen LogP) is 3.82. The van der Waals surface area contributed by atoms with Crippen molar-refractivity contribution in [3.8, 4) is 22.6 Å². The standard InChI is InChI=1S/C21H12F2N2O3/c22-11-6-7-13-14-9-18(28-12-4-2-1-3-5-12)17(23)10-16(14)21(15(13)8-11)19(26)24-20(27)25-21/h1-10H,(H2,24,25,26,27). The van der Waals surface area contributed by atoms with Gasteiger partial charge < -0.3 is 10.1 Å². The molecule has 1 unspecified atom stereocenters. The van der Waals surface area contributed by atoms with Gasteiger partial charge in [0.15, 0.2) is 17.1 Å². The van der Waals surface area contributed by atoms with E-state index in [1.165, 1.54) is 24.3 Å². The van der Waals surface area contributed by atoms with E-state index in [2.05, 4.69) is 10.6 Å². The Labute approximate surface area is 157 Å². The van der Waals surface area contributed by atoms with Crippen molar-refractivity contribution in [1.82, 2.24) is 10.6 Å². The van der Waals surface area contributed by atoms with Crippen molar-refractivity contribution in [2.24, 2.45) is 0 Å². The van der Waals surface area contributed by atoms with Gasteiger partial charge in [0.1, 0.15) is 11.6 Å². The molecule has 3 aromatic rings. The number of carbonyl (C=O) groups is 2. The van der Waals surface area contributed by atoms with Crippen molar-refractivity contribution in [1.29, 1.82) is 0 Å². The summed E-state index contributed by atoms with van der Waals surface area (Å²) in [6.45, 7) is 0. The van der Waals surface area contributed by atoms with Crippen LogP contribution in [0.25, 0.3) is 11.1 Å². The summed E-state index contributed by atoms with van der Waals surface area (Å²) in [6.07, 6.45) is 0. The largest absolute Gasteiger partial charge is 0.454 e. The summed E-state index contributed by atoms with van der Waals surface area (Å²) in [4.78, 5) is 24.5. The summed E-state index contributed by atoms with van der Waals surface area (Å²) in [6, 6.07) is 14.5. The predicted molar refractivity (Wildman–Crippen MR) is 95.8 cm³/mol. The Morgan fingerprint density at radius 2 is 1.61 bits per heavy atom. The molecule has 138 valence electrons. The average molecular weight is 378 g/mol. The zero-order chi connectivity index (χ0) is 19.5. The van der Waals surface area contributed by atoms with E-state index in [4.69, 9.17) is 4.74 Å². The molecule has 1 fully saturated rings. The number of benzene rings is 3. The maximum absolute atomic E-state index is 14.9. The van der Waals surface area contributed by atoms with E-state index in [9.17, 15) is 18.4 Å². The molecule has 1 heterocycles. The Morgan fingerprint density at radius 1 is 0.857 bits per heavy atom. The lowest BCUT2D eigenvalue weighted by Crippen LogP contribution is -2.43. The van der Waals surface area contributed by atoms with Crippen LogP contribution in [-0.2, 0) is 10.3 Å². The van der Waals surface area contributed by atoms with Gasteiger partial charge in [-0.05, 0) is 47.5 Å². The van der Waals surface area contributed by atoms with Gasteiger partial charge in [0, 0.05) is 11.1 Å². The van der Waals surface area contributed by atoms with Gasteiger partial charge >= 0.3 is 6.03 Å². The van der Waals surface area contributed by atoms with Crippen LogP contribution >= 0.6 is 0 Å². The van der Waals surface area contributed by atoms with E-state index in [1.54, 1.807) is 24.3 Å². The third kappa shape index (κ3) is 2.16. The highest BCUT2D eigenvalue weighted by Crippen LogP contribution is 2.50. The molecule has 1 aliphatic heterocycles. The maximum atomic E-state index is 14.9. The van der Waals surface area contributed by atoms with Crippen LogP contribution in [0.4, 0.5) is 13.6 Å². The summed E-state index contributed by atoms with van der Waals surface area (Å²) in [7, 11) is 0. The number of fused-ring (bicyclic) bond motifs is 5. The Balaban J connectivity index is 1.73. The minimum atomic E-state index is -1.67. The van der Waals surface area contributed by atoms with E-state index >= 15 is 0 Å². The van der Waals surface area contributed by atoms with E-state index < -0.39 is 29.1 Å². The molecule has 2 aliphatic rings.